The number of amides is 3. The molecular weight excluding hydrogens is 1790 g/mol. The molecule has 3 aromatic carbocycles. The van der Waals surface area contributed by atoms with Crippen molar-refractivity contribution in [1.29, 1.82) is 0 Å². The lowest BCUT2D eigenvalue weighted by Crippen LogP contribution is -2.41. The molecule has 0 aliphatic carbocycles. The quantitative estimate of drug-likeness (QED) is 0.0162. The molecule has 120 heavy (non-hydrogen) atoms. The highest BCUT2D eigenvalue weighted by Crippen LogP contribution is 2.38. The number of nitrogens with two attached hydrogens (primary N) is 1. The molecular formula is C80H95BBr2F8N12O13S4. The number of benzene rings is 3. The lowest BCUT2D eigenvalue weighted by Gasteiger charge is -2.27. The second-order valence-electron chi connectivity index (χ2n) is 30.6. The van der Waals surface area contributed by atoms with Gasteiger partial charge >= 0.3 is 25.4 Å². The van der Waals surface area contributed by atoms with Crippen LogP contribution in [0.25, 0.3) is 32.0 Å². The second kappa shape index (κ2) is 43.6. The summed E-state index contributed by atoms with van der Waals surface area (Å²) >= 11 is 9.01. The van der Waals surface area contributed by atoms with Crippen LogP contribution >= 0.6 is 65.9 Å². The van der Waals surface area contributed by atoms with E-state index in [9.17, 15) is 53.7 Å². The Morgan fingerprint density at radius 2 is 1.13 bits per heavy atom. The van der Waals surface area contributed by atoms with E-state index in [2.05, 4.69) is 77.4 Å². The number of thiazole rings is 3. The minimum Gasteiger partial charge on any atom is -0.444 e. The third-order valence-corrected chi connectivity index (χ3v) is 22.0. The number of anilines is 3. The number of ether oxygens (including phenoxy) is 6. The van der Waals surface area contributed by atoms with Crippen LogP contribution in [0.2, 0.25) is 0 Å². The first-order valence-electron chi connectivity index (χ1n) is 36.9. The van der Waals surface area contributed by atoms with Gasteiger partial charge in [0.05, 0.1) is 62.0 Å². The van der Waals surface area contributed by atoms with Crippen LogP contribution in [0.5, 0.6) is 0 Å². The predicted molar refractivity (Wildman–Crippen MR) is 456 cm³/mol. The van der Waals surface area contributed by atoms with Crippen molar-refractivity contribution >= 4 is 145 Å². The van der Waals surface area contributed by atoms with Gasteiger partial charge in [0.2, 0.25) is 11.9 Å². The molecule has 7 aromatic heterocycles. The van der Waals surface area contributed by atoms with Gasteiger partial charge in [-0.3, -0.25) is 24.4 Å². The van der Waals surface area contributed by atoms with Crippen LogP contribution < -0.4 is 26.7 Å². The Hall–Kier alpha value is -8.39. The van der Waals surface area contributed by atoms with E-state index in [4.69, 9.17) is 48.4 Å². The third-order valence-electron chi connectivity index (χ3n) is 16.2. The molecule has 40 heteroatoms. The Bertz CT molecular complexity index is 5050. The SMILES string of the molecule is CC(C)(C)OC(=O)N1C(Cc2ccc(C(C)(F)F)nc2)COS1=O.COCc1nc(N(C[C@@H](C)Cc2ccc(C(C)(F)F)nc2)C(=O)OC(C)(C)C)sc1Br.COCc1nc(NC(=O)OC(C)(C)C)sc1Br.COCc1nc(NC[C@@H](N)Cc2ccc(C(C)(F)F)cc2)sc1-c1ccc2cnc(F)cc2c1.OB(O)c1ccc2cnc(F)cc2c1. The molecule has 3 amide bonds. The highest BCUT2D eigenvalue weighted by atomic mass is 79.9. The first-order valence-corrected chi connectivity index (χ1v) is 42.0. The molecule has 1 aliphatic rings. The Balaban J connectivity index is 0.000000214. The van der Waals surface area contributed by atoms with Crippen LogP contribution in [-0.4, -0.2) is 149 Å². The van der Waals surface area contributed by atoms with E-state index in [-0.39, 0.29) is 41.9 Å². The van der Waals surface area contributed by atoms with Gasteiger partial charge in [0, 0.05) is 114 Å². The minimum atomic E-state index is -3.01. The maximum Gasteiger partial charge on any atom is 0.488 e. The highest BCUT2D eigenvalue weighted by molar-refractivity contribution is 9.11. The number of carbonyl (C=O) groups excluding carboxylic acids is 3. The van der Waals surface area contributed by atoms with Gasteiger partial charge in [-0.25, -0.2) is 52.3 Å². The van der Waals surface area contributed by atoms with Crippen molar-refractivity contribution < 1.29 is 96.4 Å². The lowest BCUT2D eigenvalue weighted by molar-refractivity contribution is 0.0121. The van der Waals surface area contributed by atoms with Crippen LogP contribution in [0.1, 0.15) is 141 Å². The summed E-state index contributed by atoms with van der Waals surface area (Å²) in [6.07, 6.45) is 5.30. The molecule has 25 nitrogen and oxygen atoms in total. The van der Waals surface area contributed by atoms with Crippen molar-refractivity contribution in [3.05, 3.63) is 192 Å². The van der Waals surface area contributed by atoms with Crippen LogP contribution in [0.3, 0.4) is 0 Å². The van der Waals surface area contributed by atoms with Crippen molar-refractivity contribution in [2.24, 2.45) is 11.7 Å². The molecule has 1 saturated heterocycles. The van der Waals surface area contributed by atoms with Crippen molar-refractivity contribution in [3.8, 4) is 10.4 Å². The van der Waals surface area contributed by atoms with Crippen LogP contribution in [0.4, 0.5) is 64.9 Å². The summed E-state index contributed by atoms with van der Waals surface area (Å²) in [7, 11) is 3.24. The fourth-order valence-corrected chi connectivity index (χ4v) is 15.6. The number of rotatable bonds is 24. The van der Waals surface area contributed by atoms with Gasteiger partial charge in [-0.05, 0) is 176 Å². The second-order valence-corrected chi connectivity index (χ2v) is 37.3. The maximum atomic E-state index is 13.6. The van der Waals surface area contributed by atoms with E-state index in [0.29, 0.717) is 83.3 Å². The van der Waals surface area contributed by atoms with Gasteiger partial charge in [-0.1, -0.05) is 108 Å². The zero-order valence-corrected chi connectivity index (χ0v) is 75.1. The standard InChI is InChI=1S/C25H25F3N4OS.C21H28BrF2N3O3S.C15H20F2N2O4S.C10H15BrN2O3S.C9H7BFNO2/c1-25(27,28)19-7-3-15(4-8-19)9-20(29)13-31-24-32-21(14-33-2)23(34-24)16-5-6-17-12-30-22(26)11-18(17)10-16;1-13(9-14-7-8-16(25-10-14)21(5,23)24)11-27(19(28)30-20(2,3)4)18-26-15(12-29-6)17(22)31-18;1-14(2,3)23-13(20)19-11(9-22-24(19)21)7-10-5-6-12(18-8-10)15(4,16)17;1-10(2,3)16-9(14)13-8-12-6(5-15-4)7(11)17-8;11-9-4-7-3-8(10(13)14)2-1-6(7)5-12-9/h3-8,10-12,20H,9,13-14,29H2,1-2H3,(H,31,32);7-8,10,13H,9,11-12H2,1-6H3;5-6,8,11H,7,9H2,1-4H3;5H2,1-4H3,(H,12,13,14);1-5,13-14H/t20-;13-;;;/m00.../s1. The Labute approximate surface area is 722 Å². The zero-order chi connectivity index (χ0) is 89.0. The summed E-state index contributed by atoms with van der Waals surface area (Å²) in [4.78, 5) is 67.2. The number of carbonyl (C=O) groups is 3. The minimum absolute atomic E-state index is 0.00384. The number of aromatic nitrogens is 7. The topological polar surface area (TPSA) is 320 Å². The fourth-order valence-electron chi connectivity index (χ4n) is 10.9. The molecule has 10 aromatic rings. The Kier molecular flexibility index (Phi) is 35.9. The average molecular weight is 1880 g/mol. The number of pyridine rings is 4. The van der Waals surface area contributed by atoms with Crippen molar-refractivity contribution in [1.82, 2.24) is 39.2 Å². The maximum absolute atomic E-state index is 13.6. The Morgan fingerprint density at radius 1 is 0.617 bits per heavy atom. The number of methoxy groups -OCH3 is 3. The molecule has 0 bridgehead atoms. The van der Waals surface area contributed by atoms with E-state index >= 15 is 0 Å². The molecule has 11 rings (SSSR count). The summed E-state index contributed by atoms with van der Waals surface area (Å²) < 4.78 is 157. The van der Waals surface area contributed by atoms with Gasteiger partial charge in [0.15, 0.2) is 15.4 Å². The van der Waals surface area contributed by atoms with E-state index in [0.717, 1.165) is 81.8 Å². The lowest BCUT2D eigenvalue weighted by atomic mass is 9.79. The van der Waals surface area contributed by atoms with Gasteiger partial charge in [-0.15, -0.1) is 0 Å². The number of nitrogens with zero attached hydrogens (tertiary/aromatic N) is 9. The monoisotopic (exact) mass is 1880 g/mol. The van der Waals surface area contributed by atoms with E-state index in [1.807, 2.05) is 25.1 Å². The number of fused-ring (bicyclic) bond motifs is 2. The van der Waals surface area contributed by atoms with Gasteiger partial charge < -0.3 is 49.5 Å². The normalized spacial score (nSPS) is 14.2. The van der Waals surface area contributed by atoms with E-state index < -0.39 is 89.2 Å². The van der Waals surface area contributed by atoms with Crippen LogP contribution in [0, 0.1) is 17.8 Å². The zero-order valence-electron chi connectivity index (χ0n) is 68.6. The predicted octanol–water partition coefficient (Wildman–Crippen LogP) is 18.3. The molecule has 4 atom stereocenters. The molecule has 1 aliphatic heterocycles. The number of halogens is 10. The Morgan fingerprint density at radius 3 is 1.66 bits per heavy atom. The molecule has 1 fully saturated rings. The third kappa shape index (κ3) is 31.8. The van der Waals surface area contributed by atoms with Crippen molar-refractivity contribution in [2.75, 3.05) is 56.6 Å². The smallest absolute Gasteiger partial charge is 0.444 e. The number of hydrogen-bond donors (Lipinski definition) is 5. The first-order chi connectivity index (χ1) is 56.0. The molecule has 650 valence electrons. The molecule has 6 N–H and O–H groups in total. The summed E-state index contributed by atoms with van der Waals surface area (Å²) in [5.74, 6) is -9.96. The summed E-state index contributed by atoms with van der Waals surface area (Å²) in [5, 5.41) is 28.3. The first kappa shape index (κ1) is 98.7. The van der Waals surface area contributed by atoms with E-state index in [1.54, 1.807) is 114 Å². The van der Waals surface area contributed by atoms with Gasteiger partial charge in [0.1, 0.15) is 28.2 Å². The van der Waals surface area contributed by atoms with Crippen LogP contribution in [0.15, 0.2) is 129 Å². The number of alkyl halides is 6. The largest absolute Gasteiger partial charge is 0.488 e. The fraction of sp³-hybridized carbons (Fsp3) is 0.425. The molecule has 2 unspecified atom stereocenters. The van der Waals surface area contributed by atoms with Gasteiger partial charge in [0.25, 0.3) is 29.0 Å². The molecule has 0 radical (unpaired) electrons. The number of nitrogens with one attached hydrogen (secondary N) is 2. The molecule has 0 saturated carbocycles. The molecule has 8 heterocycles. The summed E-state index contributed by atoms with van der Waals surface area (Å²) in [6, 6.07) is 24.4. The number of hydrogen-bond acceptors (Lipinski definition) is 25. The van der Waals surface area contributed by atoms with Crippen LogP contribution in [-0.2, 0) is 101 Å². The summed E-state index contributed by atoms with van der Waals surface area (Å²) in [5.41, 5.74) is 9.54. The van der Waals surface area contributed by atoms with Gasteiger partial charge in [-0.2, -0.15) is 30.6 Å². The van der Waals surface area contributed by atoms with Crippen molar-refractivity contribution in [3.63, 3.8) is 0 Å². The van der Waals surface area contributed by atoms with E-state index in [1.165, 1.54) is 112 Å². The highest BCUT2D eigenvalue weighted by Gasteiger charge is 2.40. The average Bonchev–Trinajstić information content (AvgIpc) is 0.977. The molecule has 0 spiro atoms. The van der Waals surface area contributed by atoms with Crippen molar-refractivity contribution in [2.45, 2.75) is 176 Å². The summed E-state index contributed by atoms with van der Waals surface area (Å²) in [6.45, 7) is 22.3.